The Morgan fingerprint density at radius 2 is 1.45 bits per heavy atom. The largest absolute Gasteiger partial charge is 0.493 e. The Balaban J connectivity index is 1.48. The molecule has 1 saturated heterocycles. The summed E-state index contributed by atoms with van der Waals surface area (Å²) in [5.41, 5.74) is 9.93. The van der Waals surface area contributed by atoms with E-state index in [0.717, 1.165) is 61.4 Å². The predicted octanol–water partition coefficient (Wildman–Crippen LogP) is 2.48. The molecule has 5 rings (SSSR count). The molecule has 0 amide bonds. The number of hydrogen-bond acceptors (Lipinski definition) is 5. The molecule has 0 aliphatic carbocycles. The van der Waals surface area contributed by atoms with Crippen molar-refractivity contribution in [3.63, 3.8) is 0 Å². The summed E-state index contributed by atoms with van der Waals surface area (Å²) in [5, 5.41) is 0. The van der Waals surface area contributed by atoms with Crippen LogP contribution in [-0.4, -0.2) is 66.1 Å². The molecule has 0 spiro atoms. The van der Waals surface area contributed by atoms with E-state index < -0.39 is 0 Å². The van der Waals surface area contributed by atoms with Crippen LogP contribution in [0.15, 0.2) is 24.3 Å². The van der Waals surface area contributed by atoms with Gasteiger partial charge in [0.25, 0.3) is 0 Å². The average Bonchev–Trinajstić information content (AvgIpc) is 2.96. The average molecular weight is 526 g/mol. The minimum absolute atomic E-state index is 0.384. The molecule has 7 nitrogen and oxygen atoms in total. The number of ether oxygens (including phenoxy) is 4. The fraction of sp³-hybridized carbons (Fsp3) is 0.613. The van der Waals surface area contributed by atoms with Crippen LogP contribution in [0.2, 0.25) is 0 Å². The van der Waals surface area contributed by atoms with Gasteiger partial charge in [0.1, 0.15) is 6.04 Å². The van der Waals surface area contributed by atoms with Crippen molar-refractivity contribution in [2.45, 2.75) is 51.1 Å². The Labute approximate surface area is 228 Å². The highest BCUT2D eigenvalue weighted by Gasteiger charge is 2.44. The van der Waals surface area contributed by atoms with E-state index in [1.165, 1.54) is 54.6 Å². The van der Waals surface area contributed by atoms with Gasteiger partial charge in [0.05, 0.1) is 48.1 Å². The highest BCUT2D eigenvalue weighted by Crippen LogP contribution is 2.45. The van der Waals surface area contributed by atoms with Gasteiger partial charge in [0.15, 0.2) is 23.0 Å². The van der Waals surface area contributed by atoms with Gasteiger partial charge in [0, 0.05) is 43.5 Å². The third-order valence-electron chi connectivity index (χ3n) is 9.57. The number of hydrogen-bond donors (Lipinski definition) is 2. The second kappa shape index (κ2) is 11.7. The van der Waals surface area contributed by atoms with E-state index in [4.69, 9.17) is 18.9 Å². The lowest BCUT2D eigenvalue weighted by Gasteiger charge is -2.47. The van der Waals surface area contributed by atoms with Crippen molar-refractivity contribution in [2.75, 3.05) is 61.2 Å². The lowest BCUT2D eigenvalue weighted by atomic mass is 9.72. The first-order chi connectivity index (χ1) is 18.5. The van der Waals surface area contributed by atoms with E-state index in [-0.39, 0.29) is 0 Å². The zero-order chi connectivity index (χ0) is 26.8. The Kier molecular flexibility index (Phi) is 8.36. The van der Waals surface area contributed by atoms with Gasteiger partial charge < -0.3 is 29.6 Å². The molecule has 0 aromatic heterocycles. The van der Waals surface area contributed by atoms with E-state index in [9.17, 15) is 0 Å². The Bertz CT molecular complexity index is 1120. The van der Waals surface area contributed by atoms with Gasteiger partial charge in [-0.1, -0.05) is 6.92 Å². The minimum Gasteiger partial charge on any atom is -0.493 e. The summed E-state index contributed by atoms with van der Waals surface area (Å²) < 4.78 is 22.8. The maximum absolute atomic E-state index is 5.75. The van der Waals surface area contributed by atoms with E-state index in [2.05, 4.69) is 41.8 Å². The summed E-state index contributed by atoms with van der Waals surface area (Å²) in [6.45, 7) is 7.87. The Morgan fingerprint density at radius 3 is 2.05 bits per heavy atom. The molecule has 4 N–H and O–H groups in total. The molecule has 7 heteroatoms. The molecule has 1 fully saturated rings. The molecule has 208 valence electrons. The van der Waals surface area contributed by atoms with Gasteiger partial charge in [0.2, 0.25) is 0 Å². The number of nitrogens with zero attached hydrogens (tertiary/aromatic N) is 1. The van der Waals surface area contributed by atoms with Crippen LogP contribution < -0.4 is 29.6 Å². The smallest absolute Gasteiger partial charge is 0.161 e. The molecule has 2 aromatic rings. The zero-order valence-corrected chi connectivity index (χ0v) is 24.0. The van der Waals surface area contributed by atoms with E-state index in [1.807, 2.05) is 0 Å². The molecule has 3 aliphatic heterocycles. The first-order valence-electron chi connectivity index (χ1n) is 14.4. The first kappa shape index (κ1) is 27.1. The second-order valence-electron chi connectivity index (χ2n) is 11.3. The molecule has 3 heterocycles. The fourth-order valence-electron chi connectivity index (χ4n) is 7.58. The van der Waals surface area contributed by atoms with Gasteiger partial charge in [-0.15, -0.1) is 0 Å². The summed E-state index contributed by atoms with van der Waals surface area (Å²) >= 11 is 0. The van der Waals surface area contributed by atoms with Crippen LogP contribution in [0.1, 0.15) is 60.5 Å². The number of quaternary nitrogens is 2. The second-order valence-corrected chi connectivity index (χ2v) is 11.3. The highest BCUT2D eigenvalue weighted by atomic mass is 16.5. The number of rotatable bonds is 9. The van der Waals surface area contributed by atoms with E-state index in [1.54, 1.807) is 33.3 Å². The maximum atomic E-state index is 5.75. The molecule has 0 bridgehead atoms. The molecule has 2 unspecified atom stereocenters. The topological polar surface area (TPSA) is 72.2 Å². The lowest BCUT2D eigenvalue weighted by Crippen LogP contribution is -3.15. The highest BCUT2D eigenvalue weighted by molar-refractivity contribution is 5.50. The van der Waals surface area contributed by atoms with Crippen LogP contribution in [0.25, 0.3) is 0 Å². The van der Waals surface area contributed by atoms with Gasteiger partial charge in [-0.2, -0.15) is 0 Å². The van der Waals surface area contributed by atoms with Crippen LogP contribution in [0.4, 0.5) is 0 Å². The van der Waals surface area contributed by atoms with Crippen molar-refractivity contribution in [3.8, 4) is 23.0 Å². The SMILES string of the molecule is CC[C@H]1C[NH+]2CCc3cc(OC)c(OC)cc3C2C[C@@H]1C[C@@H]1c2cc(OC)c(OC)cc2CCN1CC[NH3+]. The van der Waals surface area contributed by atoms with Gasteiger partial charge in [-0.3, -0.25) is 4.90 Å². The third kappa shape index (κ3) is 4.96. The number of piperidine rings is 1. The number of benzene rings is 2. The molecule has 5 atom stereocenters. The fourth-order valence-corrected chi connectivity index (χ4v) is 7.58. The van der Waals surface area contributed by atoms with Gasteiger partial charge in [-0.25, -0.2) is 0 Å². The monoisotopic (exact) mass is 525 g/mol. The van der Waals surface area contributed by atoms with Crippen molar-refractivity contribution in [1.82, 2.24) is 4.90 Å². The van der Waals surface area contributed by atoms with Crippen molar-refractivity contribution in [2.24, 2.45) is 11.8 Å². The molecule has 0 saturated carbocycles. The molecular weight excluding hydrogens is 478 g/mol. The Morgan fingerprint density at radius 1 is 0.842 bits per heavy atom. The number of nitrogens with one attached hydrogen (secondary N) is 1. The quantitative estimate of drug-likeness (QED) is 0.526. The van der Waals surface area contributed by atoms with Crippen molar-refractivity contribution in [1.29, 1.82) is 0 Å². The molecule has 2 aromatic carbocycles. The van der Waals surface area contributed by atoms with E-state index >= 15 is 0 Å². The van der Waals surface area contributed by atoms with Crippen LogP contribution in [-0.2, 0) is 12.8 Å². The van der Waals surface area contributed by atoms with Crippen LogP contribution in [0, 0.1) is 11.8 Å². The van der Waals surface area contributed by atoms with E-state index in [0.29, 0.717) is 18.0 Å². The Hall–Kier alpha value is -2.48. The number of fused-ring (bicyclic) bond motifs is 4. The molecular formula is C31H47N3O4+2. The summed E-state index contributed by atoms with van der Waals surface area (Å²) in [7, 11) is 6.95. The normalized spacial score (nSPS) is 26.6. The van der Waals surface area contributed by atoms with Crippen molar-refractivity contribution < 1.29 is 29.6 Å². The molecule has 38 heavy (non-hydrogen) atoms. The summed E-state index contributed by atoms with van der Waals surface area (Å²) in [6.07, 6.45) is 5.78. The summed E-state index contributed by atoms with van der Waals surface area (Å²) in [6, 6.07) is 9.85. The standard InChI is InChI=1S/C31H45N3O4/c1-6-20-19-34-11-8-22-16-29(36-3)31(38-5)18-25(22)27(34)14-23(20)13-26-24-17-30(37-4)28(35-2)15-21(24)7-10-33(26)12-9-32/h15-18,20,23,26-27H,6-14,19,32H2,1-5H3/p+2/t20-,23-,26+,27?/m0/s1. The molecule has 0 radical (unpaired) electrons. The van der Waals surface area contributed by atoms with Crippen LogP contribution in [0.3, 0.4) is 0 Å². The first-order valence-corrected chi connectivity index (χ1v) is 14.4. The van der Waals surface area contributed by atoms with Crippen molar-refractivity contribution in [3.05, 3.63) is 46.5 Å². The van der Waals surface area contributed by atoms with Gasteiger partial charge >= 0.3 is 0 Å². The maximum Gasteiger partial charge on any atom is 0.161 e. The predicted molar refractivity (Wildman–Crippen MR) is 149 cm³/mol. The van der Waals surface area contributed by atoms with Gasteiger partial charge in [-0.05, 0) is 66.1 Å². The van der Waals surface area contributed by atoms with Crippen LogP contribution in [0.5, 0.6) is 23.0 Å². The lowest BCUT2D eigenvalue weighted by molar-refractivity contribution is -0.944. The molecule has 3 aliphatic rings. The van der Waals surface area contributed by atoms with Crippen LogP contribution >= 0.6 is 0 Å². The minimum atomic E-state index is 0.384. The number of methoxy groups -OCH3 is 4. The summed E-state index contributed by atoms with van der Waals surface area (Å²) in [4.78, 5) is 4.42. The van der Waals surface area contributed by atoms with Crippen molar-refractivity contribution >= 4 is 0 Å². The third-order valence-corrected chi connectivity index (χ3v) is 9.57. The zero-order valence-electron chi connectivity index (χ0n) is 24.0. The summed E-state index contributed by atoms with van der Waals surface area (Å²) in [5.74, 6) is 4.76.